The van der Waals surface area contributed by atoms with Crippen LogP contribution in [-0.4, -0.2) is 11.9 Å². The van der Waals surface area contributed by atoms with Gasteiger partial charge in [0, 0.05) is 16.9 Å². The number of halogens is 1. The van der Waals surface area contributed by atoms with E-state index in [2.05, 4.69) is 27.2 Å². The van der Waals surface area contributed by atoms with Crippen molar-refractivity contribution in [2.75, 3.05) is 0 Å². The zero-order valence-corrected chi connectivity index (χ0v) is 11.0. The summed E-state index contributed by atoms with van der Waals surface area (Å²) in [5.41, 5.74) is 1.68. The van der Waals surface area contributed by atoms with E-state index in [0.29, 0.717) is 12.0 Å². The number of carbonyl (C=O) groups is 1. The van der Waals surface area contributed by atoms with Gasteiger partial charge in [0.1, 0.15) is 0 Å². The summed E-state index contributed by atoms with van der Waals surface area (Å²) in [6.07, 6.45) is 5.72. The number of rotatable bonds is 3. The molecule has 0 saturated heterocycles. The Morgan fingerprint density at radius 1 is 1.62 bits per heavy atom. The summed E-state index contributed by atoms with van der Waals surface area (Å²) in [5, 5.41) is 2.85. The van der Waals surface area contributed by atoms with Gasteiger partial charge < -0.3 is 5.32 Å². The molecule has 0 spiro atoms. The molecular weight excluding hydrogens is 266 g/mol. The highest BCUT2D eigenvalue weighted by Crippen LogP contribution is 2.20. The Kier molecular flexibility index (Phi) is 4.57. The van der Waals surface area contributed by atoms with Gasteiger partial charge >= 0.3 is 0 Å². The zero-order chi connectivity index (χ0) is 12.1. The second-order valence-corrected chi connectivity index (χ2v) is 4.51. The lowest BCUT2D eigenvalue weighted by atomic mass is 10.1. The number of carbonyl (C=O) groups excluding carboxylic acids is 1. The Bertz CT molecular complexity index is 434. The first kappa shape index (κ1) is 12.8. The molecular formula is C13H14BrNO. The molecule has 84 valence electrons. The summed E-state index contributed by atoms with van der Waals surface area (Å²) in [6, 6.07) is 5.59. The van der Waals surface area contributed by atoms with Crippen LogP contribution in [0.5, 0.6) is 0 Å². The summed E-state index contributed by atoms with van der Waals surface area (Å²) in [4.78, 5) is 11.9. The molecule has 0 aliphatic carbocycles. The Hall–Kier alpha value is -1.27. The minimum atomic E-state index is -0.0988. The van der Waals surface area contributed by atoms with Crippen LogP contribution in [0.4, 0.5) is 0 Å². The molecule has 0 fully saturated rings. The van der Waals surface area contributed by atoms with E-state index in [1.807, 2.05) is 26.0 Å². The Morgan fingerprint density at radius 3 is 2.94 bits per heavy atom. The summed E-state index contributed by atoms with van der Waals surface area (Å²) in [7, 11) is 0. The third kappa shape index (κ3) is 3.11. The van der Waals surface area contributed by atoms with Crippen LogP contribution in [0.3, 0.4) is 0 Å². The largest absolute Gasteiger partial charge is 0.349 e. The maximum Gasteiger partial charge on any atom is 0.252 e. The van der Waals surface area contributed by atoms with Crippen LogP contribution >= 0.6 is 15.9 Å². The van der Waals surface area contributed by atoms with Crippen molar-refractivity contribution in [3.8, 4) is 12.3 Å². The van der Waals surface area contributed by atoms with Crippen molar-refractivity contribution in [2.45, 2.75) is 26.3 Å². The molecule has 1 aromatic carbocycles. The minimum Gasteiger partial charge on any atom is -0.349 e. The average Bonchev–Trinajstić information content (AvgIpc) is 2.22. The topological polar surface area (TPSA) is 29.1 Å². The molecule has 1 atom stereocenters. The van der Waals surface area contributed by atoms with Crippen LogP contribution in [0, 0.1) is 19.3 Å². The van der Waals surface area contributed by atoms with Gasteiger partial charge in [-0.2, -0.15) is 0 Å². The van der Waals surface area contributed by atoms with Crippen molar-refractivity contribution >= 4 is 21.8 Å². The highest BCUT2D eigenvalue weighted by molar-refractivity contribution is 9.10. The lowest BCUT2D eigenvalue weighted by Gasteiger charge is -2.12. The van der Waals surface area contributed by atoms with Crippen LogP contribution < -0.4 is 5.32 Å². The number of terminal acetylenes is 1. The smallest absolute Gasteiger partial charge is 0.252 e. The van der Waals surface area contributed by atoms with Gasteiger partial charge in [-0.1, -0.05) is 12.1 Å². The summed E-state index contributed by atoms with van der Waals surface area (Å²) in [6.45, 7) is 3.84. The second-order valence-electron chi connectivity index (χ2n) is 3.72. The zero-order valence-electron chi connectivity index (χ0n) is 9.38. The summed E-state index contributed by atoms with van der Waals surface area (Å²) < 4.78 is 0.834. The van der Waals surface area contributed by atoms with E-state index in [4.69, 9.17) is 6.42 Å². The number of aryl methyl sites for hydroxylation is 1. The van der Waals surface area contributed by atoms with Crippen molar-refractivity contribution in [3.05, 3.63) is 33.8 Å². The van der Waals surface area contributed by atoms with Gasteiger partial charge in [-0.15, -0.1) is 12.3 Å². The third-order valence-electron chi connectivity index (χ3n) is 2.24. The fourth-order valence-electron chi connectivity index (χ4n) is 1.35. The predicted molar refractivity (Wildman–Crippen MR) is 69.3 cm³/mol. The Morgan fingerprint density at radius 2 is 2.31 bits per heavy atom. The first-order chi connectivity index (χ1) is 7.56. The van der Waals surface area contributed by atoms with E-state index >= 15 is 0 Å². The standard InChI is InChI=1S/C13H14BrNO/c1-4-6-10(3)15-13(16)11-8-5-7-9(2)12(11)14/h1,5,7-8,10H,6H2,2-3H3,(H,15,16). The lowest BCUT2D eigenvalue weighted by molar-refractivity contribution is 0.0940. The molecule has 0 aliphatic heterocycles. The number of hydrogen-bond donors (Lipinski definition) is 1. The number of hydrogen-bond acceptors (Lipinski definition) is 1. The molecule has 0 bridgehead atoms. The Labute approximate surface area is 105 Å². The fraction of sp³-hybridized carbons (Fsp3) is 0.308. The van der Waals surface area contributed by atoms with E-state index in [1.165, 1.54) is 0 Å². The molecule has 3 heteroatoms. The molecule has 0 aliphatic rings. The van der Waals surface area contributed by atoms with E-state index in [-0.39, 0.29) is 11.9 Å². The molecule has 1 aromatic rings. The van der Waals surface area contributed by atoms with Crippen LogP contribution in [0.25, 0.3) is 0 Å². The highest BCUT2D eigenvalue weighted by Gasteiger charge is 2.12. The average molecular weight is 280 g/mol. The van der Waals surface area contributed by atoms with Crippen molar-refractivity contribution < 1.29 is 4.79 Å². The molecule has 16 heavy (non-hydrogen) atoms. The molecule has 0 heterocycles. The van der Waals surface area contributed by atoms with Gasteiger partial charge in [-0.25, -0.2) is 0 Å². The van der Waals surface area contributed by atoms with Crippen molar-refractivity contribution in [2.24, 2.45) is 0 Å². The maximum atomic E-state index is 11.9. The van der Waals surface area contributed by atoms with Crippen LogP contribution in [-0.2, 0) is 0 Å². The van der Waals surface area contributed by atoms with Gasteiger partial charge in [-0.05, 0) is 41.4 Å². The van der Waals surface area contributed by atoms with Crippen LogP contribution in [0.1, 0.15) is 29.3 Å². The van der Waals surface area contributed by atoms with Crippen LogP contribution in [0.2, 0.25) is 0 Å². The SMILES string of the molecule is C#CCC(C)NC(=O)c1cccc(C)c1Br. The predicted octanol–water partition coefficient (Wildman–Crippen LogP) is 2.90. The maximum absolute atomic E-state index is 11.9. The molecule has 0 saturated carbocycles. The van der Waals surface area contributed by atoms with Crippen LogP contribution in [0.15, 0.2) is 22.7 Å². The minimum absolute atomic E-state index is 0.00934. The quantitative estimate of drug-likeness (QED) is 0.847. The monoisotopic (exact) mass is 279 g/mol. The van der Waals surface area contributed by atoms with Crippen molar-refractivity contribution in [1.29, 1.82) is 0 Å². The fourth-order valence-corrected chi connectivity index (χ4v) is 1.80. The van der Waals surface area contributed by atoms with Gasteiger partial charge in [0.05, 0.1) is 5.56 Å². The van der Waals surface area contributed by atoms with Gasteiger partial charge in [0.2, 0.25) is 0 Å². The third-order valence-corrected chi connectivity index (χ3v) is 3.29. The lowest BCUT2D eigenvalue weighted by Crippen LogP contribution is -2.32. The molecule has 0 aromatic heterocycles. The van der Waals surface area contributed by atoms with Gasteiger partial charge in [0.25, 0.3) is 5.91 Å². The Balaban J connectivity index is 2.82. The van der Waals surface area contributed by atoms with E-state index in [9.17, 15) is 4.79 Å². The van der Waals surface area contributed by atoms with E-state index in [1.54, 1.807) is 6.07 Å². The molecule has 1 amide bonds. The summed E-state index contributed by atoms with van der Waals surface area (Å²) in [5.74, 6) is 2.43. The number of benzene rings is 1. The first-order valence-electron chi connectivity index (χ1n) is 5.05. The number of nitrogens with one attached hydrogen (secondary N) is 1. The van der Waals surface area contributed by atoms with Gasteiger partial charge in [-0.3, -0.25) is 4.79 Å². The molecule has 2 nitrogen and oxygen atoms in total. The summed E-state index contributed by atoms with van der Waals surface area (Å²) >= 11 is 3.41. The van der Waals surface area contributed by atoms with E-state index in [0.717, 1.165) is 10.0 Å². The highest BCUT2D eigenvalue weighted by atomic mass is 79.9. The number of amides is 1. The van der Waals surface area contributed by atoms with Crippen molar-refractivity contribution in [1.82, 2.24) is 5.32 Å². The van der Waals surface area contributed by atoms with Crippen molar-refractivity contribution in [3.63, 3.8) is 0 Å². The van der Waals surface area contributed by atoms with Gasteiger partial charge in [0.15, 0.2) is 0 Å². The molecule has 1 N–H and O–H groups in total. The second kappa shape index (κ2) is 5.72. The molecule has 0 radical (unpaired) electrons. The molecule has 1 rings (SSSR count). The van der Waals surface area contributed by atoms with E-state index < -0.39 is 0 Å². The first-order valence-corrected chi connectivity index (χ1v) is 5.85. The molecule has 1 unspecified atom stereocenters. The normalized spacial score (nSPS) is 11.6.